The van der Waals surface area contributed by atoms with Gasteiger partial charge in [0.25, 0.3) is 0 Å². The number of nitrogens with zero attached hydrogens (tertiary/aromatic N) is 1. The number of rotatable bonds is 4. The average molecular weight is 260 g/mol. The van der Waals surface area contributed by atoms with E-state index in [0.29, 0.717) is 17.8 Å². The van der Waals surface area contributed by atoms with Gasteiger partial charge in [-0.2, -0.15) is 0 Å². The van der Waals surface area contributed by atoms with Crippen molar-refractivity contribution in [3.8, 4) is 0 Å². The SMILES string of the molecule is COC(=O)c1cc(NCc2ncc[nH]2)cc(C)c1N. The van der Waals surface area contributed by atoms with Gasteiger partial charge in [-0.3, -0.25) is 0 Å². The number of carbonyl (C=O) groups excluding carboxylic acids is 1. The highest BCUT2D eigenvalue weighted by atomic mass is 16.5. The summed E-state index contributed by atoms with van der Waals surface area (Å²) < 4.78 is 4.71. The van der Waals surface area contributed by atoms with Crippen LogP contribution in [0, 0.1) is 6.92 Å². The lowest BCUT2D eigenvalue weighted by atomic mass is 10.1. The van der Waals surface area contributed by atoms with Gasteiger partial charge in [-0.05, 0) is 24.6 Å². The molecule has 6 nitrogen and oxygen atoms in total. The maximum atomic E-state index is 11.6. The Hall–Kier alpha value is -2.50. The standard InChI is InChI=1S/C13H16N4O2/c1-8-5-9(17-7-11-15-3-4-16-11)6-10(12(8)14)13(18)19-2/h3-6,17H,7,14H2,1-2H3,(H,15,16). The van der Waals surface area contributed by atoms with Crippen molar-refractivity contribution in [2.75, 3.05) is 18.2 Å². The molecule has 0 aliphatic carbocycles. The van der Waals surface area contributed by atoms with E-state index in [9.17, 15) is 4.79 Å². The van der Waals surface area contributed by atoms with E-state index in [1.165, 1.54) is 7.11 Å². The van der Waals surface area contributed by atoms with Gasteiger partial charge in [0.1, 0.15) is 5.82 Å². The number of ether oxygens (including phenoxy) is 1. The summed E-state index contributed by atoms with van der Waals surface area (Å²) in [5, 5.41) is 3.18. The molecule has 1 aromatic carbocycles. The molecular formula is C13H16N4O2. The number of nitrogens with two attached hydrogens (primary N) is 1. The topological polar surface area (TPSA) is 93.0 Å². The van der Waals surface area contributed by atoms with Gasteiger partial charge in [0.05, 0.1) is 19.2 Å². The smallest absolute Gasteiger partial charge is 0.340 e. The summed E-state index contributed by atoms with van der Waals surface area (Å²) in [7, 11) is 1.33. The fourth-order valence-corrected chi connectivity index (χ4v) is 1.76. The molecule has 0 saturated carbocycles. The number of benzene rings is 1. The maximum Gasteiger partial charge on any atom is 0.340 e. The molecule has 0 saturated heterocycles. The van der Waals surface area contributed by atoms with Gasteiger partial charge < -0.3 is 20.8 Å². The summed E-state index contributed by atoms with van der Waals surface area (Å²) in [5.74, 6) is 0.372. The Kier molecular flexibility index (Phi) is 3.70. The van der Waals surface area contributed by atoms with Crippen LogP contribution in [0.5, 0.6) is 0 Å². The van der Waals surface area contributed by atoms with Crippen LogP contribution in [0.4, 0.5) is 11.4 Å². The second-order valence-corrected chi connectivity index (χ2v) is 4.14. The molecule has 19 heavy (non-hydrogen) atoms. The number of hydrogen-bond acceptors (Lipinski definition) is 5. The van der Waals surface area contributed by atoms with Gasteiger partial charge in [0.2, 0.25) is 0 Å². The Bertz CT molecular complexity index is 579. The second kappa shape index (κ2) is 5.43. The number of nitrogens with one attached hydrogen (secondary N) is 2. The maximum absolute atomic E-state index is 11.6. The first-order valence-electron chi connectivity index (χ1n) is 5.82. The molecule has 0 fully saturated rings. The summed E-state index contributed by atoms with van der Waals surface area (Å²) in [5.41, 5.74) is 8.30. The number of H-pyrrole nitrogens is 1. The molecule has 0 aliphatic heterocycles. The van der Waals surface area contributed by atoms with Gasteiger partial charge in [0, 0.05) is 23.8 Å². The van der Waals surface area contributed by atoms with Gasteiger partial charge in [-0.15, -0.1) is 0 Å². The first-order chi connectivity index (χ1) is 9.11. The van der Waals surface area contributed by atoms with Gasteiger partial charge >= 0.3 is 5.97 Å². The van der Waals surface area contributed by atoms with E-state index in [-0.39, 0.29) is 0 Å². The largest absolute Gasteiger partial charge is 0.465 e. The molecule has 0 unspecified atom stereocenters. The molecule has 4 N–H and O–H groups in total. The zero-order valence-corrected chi connectivity index (χ0v) is 10.9. The molecule has 100 valence electrons. The minimum absolute atomic E-state index is 0.365. The van der Waals surface area contributed by atoms with Gasteiger partial charge in [-0.1, -0.05) is 0 Å². The van der Waals surface area contributed by atoms with E-state index < -0.39 is 5.97 Å². The van der Waals surface area contributed by atoms with Crippen molar-refractivity contribution in [2.24, 2.45) is 0 Å². The Balaban J connectivity index is 2.21. The number of aromatic amines is 1. The van der Waals surface area contributed by atoms with Gasteiger partial charge in [-0.25, -0.2) is 9.78 Å². The molecule has 1 heterocycles. The van der Waals surface area contributed by atoms with Crippen molar-refractivity contribution in [1.29, 1.82) is 0 Å². The molecule has 0 atom stereocenters. The van der Waals surface area contributed by atoms with Crippen LogP contribution in [-0.4, -0.2) is 23.0 Å². The predicted octanol–water partition coefficient (Wildman–Crippen LogP) is 1.70. The number of methoxy groups -OCH3 is 1. The van der Waals surface area contributed by atoms with Crippen molar-refractivity contribution >= 4 is 17.3 Å². The molecule has 2 aromatic rings. The number of imidazole rings is 1. The number of esters is 1. The summed E-state index contributed by atoms with van der Waals surface area (Å²) in [6.07, 6.45) is 3.44. The monoisotopic (exact) mass is 260 g/mol. The fraction of sp³-hybridized carbons (Fsp3) is 0.231. The van der Waals surface area contributed by atoms with Crippen LogP contribution in [0.3, 0.4) is 0 Å². The lowest BCUT2D eigenvalue weighted by Crippen LogP contribution is -2.09. The van der Waals surface area contributed by atoms with E-state index in [1.807, 2.05) is 13.0 Å². The number of anilines is 2. The molecule has 1 aromatic heterocycles. The summed E-state index contributed by atoms with van der Waals surface area (Å²) in [6.45, 7) is 2.39. The first-order valence-corrected chi connectivity index (χ1v) is 5.82. The van der Waals surface area contributed by atoms with E-state index in [0.717, 1.165) is 17.1 Å². The van der Waals surface area contributed by atoms with E-state index in [1.54, 1.807) is 18.5 Å². The first kappa shape index (κ1) is 12.9. The number of hydrogen-bond donors (Lipinski definition) is 3. The average Bonchev–Trinajstić information content (AvgIpc) is 2.92. The molecule has 0 amide bonds. The summed E-state index contributed by atoms with van der Waals surface area (Å²) in [6, 6.07) is 3.56. The summed E-state index contributed by atoms with van der Waals surface area (Å²) in [4.78, 5) is 18.7. The Morgan fingerprint density at radius 2 is 2.32 bits per heavy atom. The highest BCUT2D eigenvalue weighted by molar-refractivity contribution is 5.97. The Morgan fingerprint density at radius 3 is 2.95 bits per heavy atom. The van der Waals surface area contributed by atoms with Crippen molar-refractivity contribution in [2.45, 2.75) is 13.5 Å². The van der Waals surface area contributed by atoms with Gasteiger partial charge in [0.15, 0.2) is 0 Å². The number of carbonyl (C=O) groups is 1. The van der Waals surface area contributed by atoms with Crippen LogP contribution in [0.1, 0.15) is 21.7 Å². The lowest BCUT2D eigenvalue weighted by Gasteiger charge is -2.11. The van der Waals surface area contributed by atoms with Crippen LogP contribution in [-0.2, 0) is 11.3 Å². The number of aryl methyl sites for hydroxylation is 1. The quantitative estimate of drug-likeness (QED) is 0.574. The van der Waals surface area contributed by atoms with Crippen molar-refractivity contribution < 1.29 is 9.53 Å². The van der Waals surface area contributed by atoms with Crippen LogP contribution in [0.15, 0.2) is 24.5 Å². The molecule has 0 spiro atoms. The molecule has 0 aliphatic rings. The number of aromatic nitrogens is 2. The van der Waals surface area contributed by atoms with Crippen LogP contribution in [0.25, 0.3) is 0 Å². The van der Waals surface area contributed by atoms with Crippen molar-refractivity contribution in [3.05, 3.63) is 41.5 Å². The van der Waals surface area contributed by atoms with Crippen LogP contribution in [0.2, 0.25) is 0 Å². The minimum Gasteiger partial charge on any atom is -0.465 e. The predicted molar refractivity (Wildman–Crippen MR) is 72.8 cm³/mol. The second-order valence-electron chi connectivity index (χ2n) is 4.14. The molecule has 6 heteroatoms. The van der Waals surface area contributed by atoms with E-state index >= 15 is 0 Å². The third-order valence-electron chi connectivity index (χ3n) is 2.81. The lowest BCUT2D eigenvalue weighted by molar-refractivity contribution is 0.0602. The van der Waals surface area contributed by atoms with Crippen LogP contribution < -0.4 is 11.1 Å². The van der Waals surface area contributed by atoms with Crippen molar-refractivity contribution in [3.63, 3.8) is 0 Å². The number of nitrogen functional groups attached to an aromatic ring is 1. The zero-order valence-electron chi connectivity index (χ0n) is 10.9. The molecule has 0 radical (unpaired) electrons. The highest BCUT2D eigenvalue weighted by Gasteiger charge is 2.13. The summed E-state index contributed by atoms with van der Waals surface area (Å²) >= 11 is 0. The Morgan fingerprint density at radius 1 is 1.53 bits per heavy atom. The zero-order chi connectivity index (χ0) is 13.8. The fourth-order valence-electron chi connectivity index (χ4n) is 1.76. The molecular weight excluding hydrogens is 244 g/mol. The molecule has 2 rings (SSSR count). The third kappa shape index (κ3) is 2.85. The van der Waals surface area contributed by atoms with Crippen molar-refractivity contribution in [1.82, 2.24) is 9.97 Å². The third-order valence-corrected chi connectivity index (χ3v) is 2.81. The molecule has 0 bridgehead atoms. The van der Waals surface area contributed by atoms with E-state index in [4.69, 9.17) is 10.5 Å². The van der Waals surface area contributed by atoms with E-state index in [2.05, 4.69) is 15.3 Å². The normalized spacial score (nSPS) is 10.2. The van der Waals surface area contributed by atoms with Crippen LogP contribution >= 0.6 is 0 Å². The Labute approximate surface area is 111 Å². The highest BCUT2D eigenvalue weighted by Crippen LogP contribution is 2.23. The minimum atomic E-state index is -0.442.